The van der Waals surface area contributed by atoms with Gasteiger partial charge in [0.2, 0.25) is 0 Å². The molecule has 3 aromatic rings. The number of aromatic nitrogens is 2. The third-order valence-electron chi connectivity index (χ3n) is 4.01. The molecular weight excluding hydrogens is 270 g/mol. The number of terminal acetylenes is 1. The van der Waals surface area contributed by atoms with E-state index in [1.165, 1.54) is 5.56 Å². The van der Waals surface area contributed by atoms with Crippen LogP contribution in [0, 0.1) is 19.3 Å². The fourth-order valence-corrected chi connectivity index (χ4v) is 2.65. The first-order valence-electron chi connectivity index (χ1n) is 7.43. The van der Waals surface area contributed by atoms with Gasteiger partial charge in [0.1, 0.15) is 5.82 Å². The minimum atomic E-state index is 0.491. The van der Waals surface area contributed by atoms with Crippen molar-refractivity contribution in [1.82, 2.24) is 9.55 Å². The third kappa shape index (κ3) is 2.33. The molecule has 2 aromatic carbocycles. The monoisotopic (exact) mass is 289 g/mol. The van der Waals surface area contributed by atoms with E-state index in [9.17, 15) is 0 Å². The van der Waals surface area contributed by atoms with E-state index in [1.807, 2.05) is 25.1 Å². The fraction of sp³-hybridized carbons (Fsp3) is 0.211. The zero-order valence-corrected chi connectivity index (χ0v) is 12.9. The van der Waals surface area contributed by atoms with Gasteiger partial charge in [0.25, 0.3) is 0 Å². The van der Waals surface area contributed by atoms with Crippen LogP contribution in [0.4, 0.5) is 5.69 Å². The van der Waals surface area contributed by atoms with Crippen LogP contribution in [-0.2, 0) is 13.0 Å². The summed E-state index contributed by atoms with van der Waals surface area (Å²) < 4.78 is 2.07. The van der Waals surface area contributed by atoms with Gasteiger partial charge in [-0.3, -0.25) is 0 Å². The molecule has 0 spiro atoms. The maximum Gasteiger partial charge on any atom is 0.142 e. The molecule has 0 radical (unpaired) electrons. The Morgan fingerprint density at radius 2 is 2.05 bits per heavy atom. The normalized spacial score (nSPS) is 10.8. The van der Waals surface area contributed by atoms with Gasteiger partial charge < -0.3 is 10.3 Å². The summed E-state index contributed by atoms with van der Waals surface area (Å²) in [5.41, 5.74) is 12.2. The van der Waals surface area contributed by atoms with Crippen LogP contribution in [0.2, 0.25) is 0 Å². The summed E-state index contributed by atoms with van der Waals surface area (Å²) in [7, 11) is 0. The van der Waals surface area contributed by atoms with Crippen LogP contribution < -0.4 is 5.73 Å². The molecule has 0 saturated heterocycles. The van der Waals surface area contributed by atoms with E-state index in [2.05, 4.69) is 35.6 Å². The van der Waals surface area contributed by atoms with Crippen LogP contribution in [-0.4, -0.2) is 9.55 Å². The van der Waals surface area contributed by atoms with Gasteiger partial charge in [0.15, 0.2) is 0 Å². The molecule has 3 rings (SSSR count). The molecule has 0 aliphatic heterocycles. The molecule has 2 N–H and O–H groups in total. The molecule has 3 nitrogen and oxygen atoms in total. The summed E-state index contributed by atoms with van der Waals surface area (Å²) in [6.45, 7) is 4.63. The topological polar surface area (TPSA) is 43.8 Å². The molecule has 3 heteroatoms. The number of rotatable bonds is 3. The zero-order valence-electron chi connectivity index (χ0n) is 12.9. The average molecular weight is 289 g/mol. The maximum atomic E-state index is 6.04. The number of hydrogen-bond acceptors (Lipinski definition) is 2. The third-order valence-corrected chi connectivity index (χ3v) is 4.01. The molecular formula is C19H19N3. The van der Waals surface area contributed by atoms with Crippen molar-refractivity contribution in [3.8, 4) is 23.7 Å². The smallest absolute Gasteiger partial charge is 0.142 e. The lowest BCUT2D eigenvalue weighted by Crippen LogP contribution is -1.99. The Bertz CT molecular complexity index is 882. The lowest BCUT2D eigenvalue weighted by Gasteiger charge is -2.07. The average Bonchev–Trinajstić information content (AvgIpc) is 2.88. The van der Waals surface area contributed by atoms with Crippen molar-refractivity contribution in [3.63, 3.8) is 0 Å². The summed E-state index contributed by atoms with van der Waals surface area (Å²) in [4.78, 5) is 4.79. The largest absolute Gasteiger partial charge is 0.398 e. The summed E-state index contributed by atoms with van der Waals surface area (Å²) in [6.07, 6.45) is 6.54. The highest BCUT2D eigenvalue weighted by atomic mass is 15.1. The molecule has 0 amide bonds. The first kappa shape index (κ1) is 14.2. The van der Waals surface area contributed by atoms with Gasteiger partial charge in [-0.05, 0) is 42.7 Å². The van der Waals surface area contributed by atoms with Crippen molar-refractivity contribution < 1.29 is 0 Å². The standard InChI is InChI=1S/C19H19N3/c1-4-10-22-18-9-7-14(5-2)11-17(18)21-19(22)15-8-6-13(3)16(20)12-15/h1,6-9,11-12H,5,10,20H2,2-3H3. The van der Waals surface area contributed by atoms with Gasteiger partial charge >= 0.3 is 0 Å². The Labute approximate surface area is 130 Å². The Hall–Kier alpha value is -2.73. The summed E-state index contributed by atoms with van der Waals surface area (Å²) in [5.74, 6) is 3.59. The van der Waals surface area contributed by atoms with Crippen molar-refractivity contribution in [3.05, 3.63) is 47.5 Å². The number of aryl methyl sites for hydroxylation is 2. The number of nitrogens with zero attached hydrogens (tertiary/aromatic N) is 2. The summed E-state index contributed by atoms with van der Waals surface area (Å²) >= 11 is 0. The predicted octanol–water partition coefficient (Wildman–Crippen LogP) is 3.79. The van der Waals surface area contributed by atoms with Crippen molar-refractivity contribution in [2.24, 2.45) is 0 Å². The minimum Gasteiger partial charge on any atom is -0.398 e. The van der Waals surface area contributed by atoms with E-state index < -0.39 is 0 Å². The van der Waals surface area contributed by atoms with Crippen molar-refractivity contribution in [2.45, 2.75) is 26.8 Å². The van der Waals surface area contributed by atoms with Crippen LogP contribution in [0.3, 0.4) is 0 Å². The molecule has 110 valence electrons. The van der Waals surface area contributed by atoms with E-state index in [4.69, 9.17) is 17.1 Å². The molecule has 0 fully saturated rings. The minimum absolute atomic E-state index is 0.491. The lowest BCUT2D eigenvalue weighted by atomic mass is 10.1. The number of fused-ring (bicyclic) bond motifs is 1. The van der Waals surface area contributed by atoms with Crippen LogP contribution in [0.5, 0.6) is 0 Å². The maximum absolute atomic E-state index is 6.04. The Kier molecular flexibility index (Phi) is 3.60. The van der Waals surface area contributed by atoms with Crippen LogP contribution in [0.1, 0.15) is 18.1 Å². The molecule has 0 bridgehead atoms. The van der Waals surface area contributed by atoms with Gasteiger partial charge in [0, 0.05) is 11.3 Å². The number of imidazole rings is 1. The second-order valence-electron chi connectivity index (χ2n) is 5.47. The lowest BCUT2D eigenvalue weighted by molar-refractivity contribution is 0.882. The Balaban J connectivity index is 2.25. The number of nitrogens with two attached hydrogens (primary N) is 1. The Morgan fingerprint density at radius 3 is 2.73 bits per heavy atom. The highest BCUT2D eigenvalue weighted by Gasteiger charge is 2.13. The van der Waals surface area contributed by atoms with E-state index in [-0.39, 0.29) is 0 Å². The molecule has 1 heterocycles. The van der Waals surface area contributed by atoms with Gasteiger partial charge in [-0.15, -0.1) is 6.42 Å². The highest BCUT2D eigenvalue weighted by Crippen LogP contribution is 2.27. The SMILES string of the molecule is C#CCn1c(-c2ccc(C)c(N)c2)nc2cc(CC)ccc21. The van der Waals surface area contributed by atoms with Crippen molar-refractivity contribution in [1.29, 1.82) is 0 Å². The molecule has 0 aliphatic rings. The van der Waals surface area contributed by atoms with E-state index in [1.54, 1.807) is 0 Å². The van der Waals surface area contributed by atoms with Crippen LogP contribution in [0.25, 0.3) is 22.4 Å². The summed E-state index contributed by atoms with van der Waals surface area (Å²) in [6, 6.07) is 12.4. The number of anilines is 1. The van der Waals surface area contributed by atoms with Gasteiger partial charge in [-0.2, -0.15) is 0 Å². The molecule has 0 aliphatic carbocycles. The van der Waals surface area contributed by atoms with Crippen LogP contribution >= 0.6 is 0 Å². The number of benzene rings is 2. The molecule has 0 saturated carbocycles. The first-order valence-corrected chi connectivity index (χ1v) is 7.43. The van der Waals surface area contributed by atoms with Crippen LogP contribution in [0.15, 0.2) is 36.4 Å². The second-order valence-corrected chi connectivity index (χ2v) is 5.47. The summed E-state index contributed by atoms with van der Waals surface area (Å²) in [5, 5.41) is 0. The van der Waals surface area contributed by atoms with Gasteiger partial charge in [-0.25, -0.2) is 4.98 Å². The molecule has 22 heavy (non-hydrogen) atoms. The first-order chi connectivity index (χ1) is 10.6. The quantitative estimate of drug-likeness (QED) is 0.589. The Morgan fingerprint density at radius 1 is 1.23 bits per heavy atom. The molecule has 0 unspecified atom stereocenters. The molecule has 0 atom stereocenters. The van der Waals surface area contributed by atoms with Gasteiger partial charge in [-0.1, -0.05) is 31.0 Å². The van der Waals surface area contributed by atoms with Gasteiger partial charge in [0.05, 0.1) is 17.6 Å². The fourth-order valence-electron chi connectivity index (χ4n) is 2.65. The van der Waals surface area contributed by atoms with E-state index in [0.29, 0.717) is 6.54 Å². The molecule has 1 aromatic heterocycles. The predicted molar refractivity (Wildman–Crippen MR) is 92.5 cm³/mol. The second kappa shape index (κ2) is 5.57. The van der Waals surface area contributed by atoms with Crippen molar-refractivity contribution in [2.75, 3.05) is 5.73 Å². The van der Waals surface area contributed by atoms with Crippen molar-refractivity contribution >= 4 is 16.7 Å². The zero-order chi connectivity index (χ0) is 15.7. The van der Waals surface area contributed by atoms with E-state index in [0.717, 1.165) is 40.1 Å². The highest BCUT2D eigenvalue weighted by molar-refractivity contribution is 5.82. The number of nitrogen functional groups attached to an aromatic ring is 1. The number of hydrogen-bond donors (Lipinski definition) is 1. The van der Waals surface area contributed by atoms with E-state index >= 15 is 0 Å².